The van der Waals surface area contributed by atoms with Crippen molar-refractivity contribution in [3.63, 3.8) is 0 Å². The highest BCUT2D eigenvalue weighted by Gasteiger charge is 2.09. The van der Waals surface area contributed by atoms with Crippen LogP contribution in [0.25, 0.3) is 0 Å². The van der Waals surface area contributed by atoms with E-state index in [-0.39, 0.29) is 5.78 Å². The summed E-state index contributed by atoms with van der Waals surface area (Å²) in [5.74, 6) is 0.0440. The van der Waals surface area contributed by atoms with Crippen molar-refractivity contribution in [1.82, 2.24) is 0 Å². The lowest BCUT2D eigenvalue weighted by Gasteiger charge is -1.84. The van der Waals surface area contributed by atoms with Crippen LogP contribution in [-0.4, -0.2) is 12.0 Å². The molecule has 0 N–H and O–H groups in total. The second-order valence-corrected chi connectivity index (χ2v) is 3.54. The van der Waals surface area contributed by atoms with Crippen LogP contribution in [-0.2, 0) is 4.79 Å². The van der Waals surface area contributed by atoms with Crippen LogP contribution in [0.1, 0.15) is 60.8 Å². The SMILES string of the molecule is CC1=C(C)C(=O)C=N1.CCC.CCCC. The number of ketones is 1. The molecule has 0 fully saturated rings. The van der Waals surface area contributed by atoms with Gasteiger partial charge in [0.15, 0.2) is 0 Å². The lowest BCUT2D eigenvalue weighted by Crippen LogP contribution is -1.94. The lowest BCUT2D eigenvalue weighted by molar-refractivity contribution is -0.109. The Morgan fingerprint density at radius 3 is 1.53 bits per heavy atom. The molecule has 88 valence electrons. The molecule has 2 heteroatoms. The quantitative estimate of drug-likeness (QED) is 0.640. The summed E-state index contributed by atoms with van der Waals surface area (Å²) >= 11 is 0. The number of nitrogens with zero attached hydrogens (tertiary/aromatic N) is 1. The van der Waals surface area contributed by atoms with Gasteiger partial charge in [-0.1, -0.05) is 47.0 Å². The van der Waals surface area contributed by atoms with Crippen molar-refractivity contribution in [2.45, 2.75) is 60.8 Å². The Kier molecular flexibility index (Phi) is 12.3. The molecule has 2 nitrogen and oxygen atoms in total. The molecule has 0 aromatic rings. The summed E-state index contributed by atoms with van der Waals surface area (Å²) in [6, 6.07) is 0. The second kappa shape index (κ2) is 11.2. The molecule has 1 aliphatic rings. The summed E-state index contributed by atoms with van der Waals surface area (Å²) in [5.41, 5.74) is 1.61. The molecule has 0 amide bonds. The summed E-state index contributed by atoms with van der Waals surface area (Å²) in [6.45, 7) is 12.2. The maximum Gasteiger partial charge on any atom is 0.201 e. The Bertz CT molecular complexity index is 221. The molecule has 15 heavy (non-hydrogen) atoms. The van der Waals surface area contributed by atoms with Gasteiger partial charge in [-0.3, -0.25) is 9.79 Å². The number of unbranched alkanes of at least 4 members (excludes halogenated alkanes) is 1. The van der Waals surface area contributed by atoms with E-state index < -0.39 is 0 Å². The lowest BCUT2D eigenvalue weighted by atomic mass is 10.2. The zero-order valence-corrected chi connectivity index (χ0v) is 11.1. The van der Waals surface area contributed by atoms with Gasteiger partial charge in [0.2, 0.25) is 5.78 Å². The number of rotatable bonds is 1. The minimum absolute atomic E-state index is 0.0440. The zero-order valence-electron chi connectivity index (χ0n) is 11.1. The molecule has 1 aliphatic heterocycles. The topological polar surface area (TPSA) is 29.4 Å². The van der Waals surface area contributed by atoms with Crippen LogP contribution in [0.2, 0.25) is 0 Å². The number of hydrogen-bond acceptors (Lipinski definition) is 2. The Labute approximate surface area is 94.5 Å². The normalized spacial score (nSPS) is 13.1. The molecule has 1 rings (SSSR count). The van der Waals surface area contributed by atoms with Gasteiger partial charge in [0.25, 0.3) is 0 Å². The molecule has 0 saturated carbocycles. The van der Waals surface area contributed by atoms with E-state index in [9.17, 15) is 4.79 Å². The Morgan fingerprint density at radius 1 is 1.07 bits per heavy atom. The fourth-order valence-corrected chi connectivity index (χ4v) is 0.527. The molecule has 0 unspecified atom stereocenters. The van der Waals surface area contributed by atoms with Gasteiger partial charge in [0.05, 0.1) is 6.21 Å². The first kappa shape index (κ1) is 16.5. The fraction of sp³-hybridized carbons (Fsp3) is 0.692. The number of allylic oxidation sites excluding steroid dienone is 2. The molecule has 0 atom stereocenters. The van der Waals surface area contributed by atoms with Gasteiger partial charge >= 0.3 is 0 Å². The van der Waals surface area contributed by atoms with E-state index in [2.05, 4.69) is 32.7 Å². The molecule has 0 aromatic carbocycles. The van der Waals surface area contributed by atoms with Gasteiger partial charge in [0.1, 0.15) is 0 Å². The van der Waals surface area contributed by atoms with E-state index in [1.807, 2.05) is 6.92 Å². The van der Waals surface area contributed by atoms with Crippen molar-refractivity contribution in [2.75, 3.05) is 0 Å². The molecule has 1 heterocycles. The molecule has 0 bridgehead atoms. The minimum atomic E-state index is 0.0440. The van der Waals surface area contributed by atoms with E-state index in [0.717, 1.165) is 11.3 Å². The van der Waals surface area contributed by atoms with Crippen LogP contribution < -0.4 is 0 Å². The van der Waals surface area contributed by atoms with Gasteiger partial charge in [-0.2, -0.15) is 0 Å². The predicted octanol–water partition coefficient (Wildman–Crippen LogP) is 4.16. The third-order valence-corrected chi connectivity index (χ3v) is 1.79. The molecule has 0 aromatic heterocycles. The van der Waals surface area contributed by atoms with Crippen LogP contribution in [0, 0.1) is 0 Å². The highest BCUT2D eigenvalue weighted by molar-refractivity contribution is 6.37. The van der Waals surface area contributed by atoms with Gasteiger partial charge in [-0.05, 0) is 13.8 Å². The number of aliphatic imine (C=N–C) groups is 1. The third-order valence-electron chi connectivity index (χ3n) is 1.79. The van der Waals surface area contributed by atoms with Gasteiger partial charge < -0.3 is 0 Å². The number of hydrogen-bond donors (Lipinski definition) is 0. The maximum atomic E-state index is 10.6. The van der Waals surface area contributed by atoms with E-state index in [1.165, 1.54) is 25.5 Å². The van der Waals surface area contributed by atoms with Gasteiger partial charge in [-0.25, -0.2) is 0 Å². The van der Waals surface area contributed by atoms with Crippen LogP contribution in [0.4, 0.5) is 0 Å². The van der Waals surface area contributed by atoms with Crippen molar-refractivity contribution in [2.24, 2.45) is 4.99 Å². The summed E-state index contributed by atoms with van der Waals surface area (Å²) < 4.78 is 0. The van der Waals surface area contributed by atoms with E-state index in [0.29, 0.717) is 0 Å². The van der Waals surface area contributed by atoms with Gasteiger partial charge in [-0.15, -0.1) is 0 Å². The van der Waals surface area contributed by atoms with Gasteiger partial charge in [0, 0.05) is 11.3 Å². The second-order valence-electron chi connectivity index (χ2n) is 3.54. The summed E-state index contributed by atoms with van der Waals surface area (Å²) in [4.78, 5) is 14.4. The largest absolute Gasteiger partial charge is 0.288 e. The summed E-state index contributed by atoms with van der Waals surface area (Å²) in [7, 11) is 0. The van der Waals surface area contributed by atoms with Crippen molar-refractivity contribution in [3.05, 3.63) is 11.3 Å². The first-order valence-corrected chi connectivity index (χ1v) is 5.80. The number of Topliss-reactive ketones (excluding diaryl/α,β-unsaturated/α-hetero) is 1. The molecular formula is C13H25NO. The molecule has 0 radical (unpaired) electrons. The maximum absolute atomic E-state index is 10.6. The van der Waals surface area contributed by atoms with Crippen LogP contribution >= 0.6 is 0 Å². The average Bonchev–Trinajstić information content (AvgIpc) is 2.51. The van der Waals surface area contributed by atoms with Crippen molar-refractivity contribution >= 4 is 12.0 Å². The Morgan fingerprint density at radius 2 is 1.47 bits per heavy atom. The highest BCUT2D eigenvalue weighted by atomic mass is 16.1. The molecule has 0 saturated heterocycles. The van der Waals surface area contributed by atoms with E-state index in [1.54, 1.807) is 6.92 Å². The minimum Gasteiger partial charge on any atom is -0.288 e. The van der Waals surface area contributed by atoms with Crippen LogP contribution in [0.3, 0.4) is 0 Å². The van der Waals surface area contributed by atoms with Crippen LogP contribution in [0.15, 0.2) is 16.3 Å². The van der Waals surface area contributed by atoms with Crippen molar-refractivity contribution in [3.8, 4) is 0 Å². The molecule has 0 aliphatic carbocycles. The summed E-state index contributed by atoms with van der Waals surface area (Å²) in [6.07, 6.45) is 5.24. The Hall–Kier alpha value is -0.920. The number of carbonyl (C=O) groups excluding carboxylic acids is 1. The zero-order chi connectivity index (χ0) is 12.3. The first-order valence-electron chi connectivity index (χ1n) is 5.80. The number of carbonyl (C=O) groups is 1. The van der Waals surface area contributed by atoms with E-state index >= 15 is 0 Å². The Balaban J connectivity index is 0. The third kappa shape index (κ3) is 9.39. The monoisotopic (exact) mass is 211 g/mol. The first-order chi connectivity index (χ1) is 7.04. The average molecular weight is 211 g/mol. The van der Waals surface area contributed by atoms with E-state index in [4.69, 9.17) is 0 Å². The highest BCUT2D eigenvalue weighted by Crippen LogP contribution is 2.09. The fourth-order valence-electron chi connectivity index (χ4n) is 0.527. The summed E-state index contributed by atoms with van der Waals surface area (Å²) in [5, 5.41) is 0. The molecular weight excluding hydrogens is 186 g/mol. The molecule has 0 spiro atoms. The van der Waals surface area contributed by atoms with Crippen molar-refractivity contribution < 1.29 is 4.79 Å². The predicted molar refractivity (Wildman–Crippen MR) is 68.4 cm³/mol. The van der Waals surface area contributed by atoms with Crippen molar-refractivity contribution in [1.29, 1.82) is 0 Å². The van der Waals surface area contributed by atoms with Crippen LogP contribution in [0.5, 0.6) is 0 Å². The standard InChI is InChI=1S/C6H7NO.C4H10.C3H8/c1-4-5(2)7-3-6(4)8;1-3-4-2;1-3-2/h3H,1-2H3;3-4H2,1-2H3;3H2,1-2H3. The smallest absolute Gasteiger partial charge is 0.201 e.